The maximum atomic E-state index is 11.9. The molecule has 0 aliphatic heterocycles. The molecule has 1 fully saturated rings. The van der Waals surface area contributed by atoms with Crippen molar-refractivity contribution < 1.29 is 0 Å². The fourth-order valence-corrected chi connectivity index (χ4v) is 3.01. The molecule has 0 radical (unpaired) electrons. The van der Waals surface area contributed by atoms with Gasteiger partial charge in [0.2, 0.25) is 0 Å². The minimum absolute atomic E-state index is 0.196. The van der Waals surface area contributed by atoms with E-state index in [0.717, 1.165) is 17.0 Å². The van der Waals surface area contributed by atoms with Gasteiger partial charge < -0.3 is 9.88 Å². The minimum Gasteiger partial charge on any atom is -0.312 e. The van der Waals surface area contributed by atoms with E-state index in [9.17, 15) is 9.59 Å². The second-order valence-corrected chi connectivity index (χ2v) is 5.88. The maximum Gasteiger partial charge on any atom is 0.330 e. The summed E-state index contributed by atoms with van der Waals surface area (Å²) >= 11 is 0. The van der Waals surface area contributed by atoms with Crippen molar-refractivity contribution in [1.29, 1.82) is 0 Å². The van der Waals surface area contributed by atoms with Crippen molar-refractivity contribution in [1.82, 2.24) is 14.5 Å². The second kappa shape index (κ2) is 6.88. The molecule has 20 heavy (non-hydrogen) atoms. The third kappa shape index (κ3) is 3.60. The molecule has 1 aliphatic carbocycles. The summed E-state index contributed by atoms with van der Waals surface area (Å²) < 4.78 is 2.62. The first kappa shape index (κ1) is 15.0. The molecule has 0 spiro atoms. The fraction of sp³-hybridized carbons (Fsp3) is 0.733. The van der Waals surface area contributed by atoms with Crippen LogP contribution in [0.5, 0.6) is 0 Å². The molecule has 0 amide bonds. The lowest BCUT2D eigenvalue weighted by Gasteiger charge is -2.21. The van der Waals surface area contributed by atoms with Gasteiger partial charge >= 0.3 is 5.69 Å². The van der Waals surface area contributed by atoms with Crippen LogP contribution < -0.4 is 16.6 Å². The van der Waals surface area contributed by atoms with Gasteiger partial charge in [-0.2, -0.15) is 0 Å². The lowest BCUT2D eigenvalue weighted by Crippen LogP contribution is -2.39. The highest BCUT2D eigenvalue weighted by molar-refractivity contribution is 5.05. The highest BCUT2D eigenvalue weighted by Crippen LogP contribution is 2.25. The summed E-state index contributed by atoms with van der Waals surface area (Å²) in [6.45, 7) is 1.48. The number of nitrogens with zero attached hydrogens (tertiary/aromatic N) is 2. The van der Waals surface area contributed by atoms with Crippen LogP contribution in [0.25, 0.3) is 0 Å². The quantitative estimate of drug-likeness (QED) is 0.823. The molecule has 1 saturated carbocycles. The fourth-order valence-electron chi connectivity index (χ4n) is 3.01. The Kier molecular flexibility index (Phi) is 5.17. The van der Waals surface area contributed by atoms with Crippen molar-refractivity contribution in [3.05, 3.63) is 32.6 Å². The molecule has 1 aromatic heterocycles. The minimum atomic E-state index is -0.277. The number of hydrogen-bond donors (Lipinski definition) is 1. The van der Waals surface area contributed by atoms with Gasteiger partial charge in [0.15, 0.2) is 0 Å². The highest BCUT2D eigenvalue weighted by atomic mass is 16.2. The van der Waals surface area contributed by atoms with Crippen molar-refractivity contribution in [3.63, 3.8) is 0 Å². The van der Waals surface area contributed by atoms with Crippen molar-refractivity contribution >= 4 is 0 Å². The molecule has 0 aromatic carbocycles. The van der Waals surface area contributed by atoms with Gasteiger partial charge in [-0.25, -0.2) is 4.79 Å². The molecule has 0 unspecified atom stereocenters. The van der Waals surface area contributed by atoms with Gasteiger partial charge in [-0.05, 0) is 18.9 Å². The normalized spacial score (nSPS) is 16.5. The van der Waals surface area contributed by atoms with Crippen molar-refractivity contribution in [3.8, 4) is 0 Å². The third-order valence-corrected chi connectivity index (χ3v) is 4.29. The van der Waals surface area contributed by atoms with E-state index in [1.54, 1.807) is 13.2 Å². The van der Waals surface area contributed by atoms with Crippen LogP contribution >= 0.6 is 0 Å². The summed E-state index contributed by atoms with van der Waals surface area (Å²) in [6.07, 6.45) is 9.65. The van der Waals surface area contributed by atoms with Gasteiger partial charge in [0.05, 0.1) is 0 Å². The Morgan fingerprint density at radius 3 is 2.60 bits per heavy atom. The molecule has 0 bridgehead atoms. The van der Waals surface area contributed by atoms with E-state index < -0.39 is 0 Å². The predicted molar refractivity (Wildman–Crippen MR) is 79.8 cm³/mol. The number of rotatable bonds is 5. The average molecular weight is 279 g/mol. The van der Waals surface area contributed by atoms with Crippen LogP contribution in [-0.4, -0.2) is 15.7 Å². The highest BCUT2D eigenvalue weighted by Gasteiger charge is 2.13. The zero-order valence-electron chi connectivity index (χ0n) is 12.5. The molecular formula is C15H25N3O2. The van der Waals surface area contributed by atoms with Gasteiger partial charge in [-0.3, -0.25) is 9.36 Å². The summed E-state index contributed by atoms with van der Waals surface area (Å²) in [5, 5.41) is 3.34. The Morgan fingerprint density at radius 2 is 1.90 bits per heavy atom. The van der Waals surface area contributed by atoms with Crippen LogP contribution in [0.1, 0.15) is 44.1 Å². The summed E-state index contributed by atoms with van der Waals surface area (Å²) in [6, 6.07) is 0. The lowest BCUT2D eigenvalue weighted by molar-refractivity contribution is 0.333. The number of aryl methyl sites for hydroxylation is 1. The Balaban J connectivity index is 1.85. The first-order chi connectivity index (χ1) is 9.59. The van der Waals surface area contributed by atoms with Crippen LogP contribution in [-0.2, 0) is 20.6 Å². The molecule has 2 rings (SSSR count). The molecule has 5 nitrogen and oxygen atoms in total. The molecule has 5 heteroatoms. The van der Waals surface area contributed by atoms with Crippen molar-refractivity contribution in [2.24, 2.45) is 20.0 Å². The Bertz CT molecular complexity index is 553. The van der Waals surface area contributed by atoms with Crippen LogP contribution in [0, 0.1) is 5.92 Å². The van der Waals surface area contributed by atoms with Crippen LogP contribution in [0.3, 0.4) is 0 Å². The van der Waals surface area contributed by atoms with E-state index in [1.165, 1.54) is 50.1 Å². The summed E-state index contributed by atoms with van der Waals surface area (Å²) in [7, 11) is 3.20. The van der Waals surface area contributed by atoms with Gasteiger partial charge in [0.1, 0.15) is 0 Å². The second-order valence-electron chi connectivity index (χ2n) is 5.88. The van der Waals surface area contributed by atoms with Gasteiger partial charge in [0, 0.05) is 32.4 Å². The first-order valence-corrected chi connectivity index (χ1v) is 7.56. The zero-order chi connectivity index (χ0) is 14.5. The molecule has 1 aromatic rings. The number of aromatic nitrogens is 2. The Labute approximate surface area is 119 Å². The first-order valence-electron chi connectivity index (χ1n) is 7.56. The molecule has 1 N–H and O–H groups in total. The Hall–Kier alpha value is -1.36. The topological polar surface area (TPSA) is 56.0 Å². The summed E-state index contributed by atoms with van der Waals surface area (Å²) in [5.41, 5.74) is 0.178. The molecule has 0 atom stereocenters. The Morgan fingerprint density at radius 1 is 1.20 bits per heavy atom. The van der Waals surface area contributed by atoms with Crippen LogP contribution in [0.4, 0.5) is 0 Å². The van der Waals surface area contributed by atoms with Crippen molar-refractivity contribution in [2.75, 3.05) is 6.54 Å². The molecular weight excluding hydrogens is 254 g/mol. The summed E-state index contributed by atoms with van der Waals surface area (Å²) in [5.74, 6) is 0.846. The van der Waals surface area contributed by atoms with Gasteiger partial charge in [-0.15, -0.1) is 0 Å². The predicted octanol–water partition coefficient (Wildman–Crippen LogP) is 1.14. The van der Waals surface area contributed by atoms with E-state index in [2.05, 4.69) is 5.32 Å². The van der Waals surface area contributed by atoms with E-state index in [0.29, 0.717) is 12.1 Å². The van der Waals surface area contributed by atoms with Gasteiger partial charge in [0.25, 0.3) is 5.56 Å². The molecule has 1 aliphatic rings. The van der Waals surface area contributed by atoms with Crippen molar-refractivity contribution in [2.45, 2.75) is 45.1 Å². The zero-order valence-corrected chi connectivity index (χ0v) is 12.5. The smallest absolute Gasteiger partial charge is 0.312 e. The van der Waals surface area contributed by atoms with E-state index >= 15 is 0 Å². The number of nitrogens with one attached hydrogen (secondary N) is 1. The third-order valence-electron chi connectivity index (χ3n) is 4.29. The summed E-state index contributed by atoms with van der Waals surface area (Å²) in [4.78, 5) is 23.5. The van der Waals surface area contributed by atoms with Gasteiger partial charge in [-0.1, -0.05) is 32.1 Å². The SMILES string of the molecule is Cn1cc(CNCCC2CCCCC2)c(=O)n(C)c1=O. The number of hydrogen-bond acceptors (Lipinski definition) is 3. The lowest BCUT2D eigenvalue weighted by atomic mass is 9.87. The largest absolute Gasteiger partial charge is 0.330 e. The average Bonchev–Trinajstić information content (AvgIpc) is 2.47. The van der Waals surface area contributed by atoms with E-state index in [4.69, 9.17) is 0 Å². The molecule has 0 saturated heterocycles. The standard InChI is InChI=1S/C15H25N3O2/c1-17-11-13(14(19)18(2)15(17)20)10-16-9-8-12-6-4-3-5-7-12/h11-12,16H,3-10H2,1-2H3. The maximum absolute atomic E-state index is 11.9. The molecule has 1 heterocycles. The van der Waals surface area contributed by atoms with Crippen LogP contribution in [0.15, 0.2) is 15.8 Å². The van der Waals surface area contributed by atoms with Crippen LogP contribution in [0.2, 0.25) is 0 Å². The monoisotopic (exact) mass is 279 g/mol. The molecule has 112 valence electrons. The van der Waals surface area contributed by atoms with E-state index in [1.807, 2.05) is 0 Å². The van der Waals surface area contributed by atoms with E-state index in [-0.39, 0.29) is 11.2 Å².